The topological polar surface area (TPSA) is 32.3 Å². The summed E-state index contributed by atoms with van der Waals surface area (Å²) in [6.07, 6.45) is 2.38. The summed E-state index contributed by atoms with van der Waals surface area (Å²) in [5.41, 5.74) is 0. The van der Waals surface area contributed by atoms with Gasteiger partial charge in [-0.3, -0.25) is 4.79 Å². The molecule has 0 aromatic rings. The Morgan fingerprint density at radius 3 is 2.50 bits per heavy atom. The molecular formula is C10H20N2OS. The smallest absolute Gasteiger partial charge is 0.238 e. The van der Waals surface area contributed by atoms with Gasteiger partial charge in [0.15, 0.2) is 0 Å². The highest BCUT2D eigenvalue weighted by Gasteiger charge is 2.20. The normalized spacial score (nSPS) is 20.5. The molecule has 0 radical (unpaired) electrons. The molecule has 1 atom stereocenters. The first kappa shape index (κ1) is 11.9. The van der Waals surface area contributed by atoms with Crippen LogP contribution in [0.15, 0.2) is 0 Å². The molecule has 1 saturated heterocycles. The second-order valence-corrected chi connectivity index (χ2v) is 5.23. The lowest BCUT2D eigenvalue weighted by Crippen LogP contribution is -2.47. The molecule has 82 valence electrons. The van der Waals surface area contributed by atoms with Crippen LogP contribution < -0.4 is 5.32 Å². The summed E-state index contributed by atoms with van der Waals surface area (Å²) in [6, 6.07) is 0.494. The van der Waals surface area contributed by atoms with Crippen LogP contribution in [0.1, 0.15) is 19.8 Å². The van der Waals surface area contributed by atoms with Crippen molar-refractivity contribution in [1.82, 2.24) is 10.2 Å². The SMILES string of the molecule is C[C@@H](NC1CCSCC1)C(=O)N(C)C. The molecule has 1 heterocycles. The van der Waals surface area contributed by atoms with Gasteiger partial charge in [0.1, 0.15) is 0 Å². The minimum Gasteiger partial charge on any atom is -0.347 e. The number of carbonyl (C=O) groups is 1. The van der Waals surface area contributed by atoms with E-state index in [2.05, 4.69) is 5.32 Å². The Morgan fingerprint density at radius 2 is 2.00 bits per heavy atom. The van der Waals surface area contributed by atoms with Crippen LogP contribution >= 0.6 is 11.8 Å². The van der Waals surface area contributed by atoms with Crippen molar-refractivity contribution in [2.75, 3.05) is 25.6 Å². The molecule has 0 saturated carbocycles. The molecule has 0 aliphatic carbocycles. The zero-order valence-corrected chi connectivity index (χ0v) is 10.1. The van der Waals surface area contributed by atoms with Gasteiger partial charge in [0.25, 0.3) is 0 Å². The van der Waals surface area contributed by atoms with E-state index >= 15 is 0 Å². The first-order valence-electron chi connectivity index (χ1n) is 5.16. The molecule has 1 rings (SSSR count). The van der Waals surface area contributed by atoms with Gasteiger partial charge in [0.05, 0.1) is 6.04 Å². The van der Waals surface area contributed by atoms with Crippen molar-refractivity contribution in [2.24, 2.45) is 0 Å². The fourth-order valence-electron chi connectivity index (χ4n) is 1.68. The Kier molecular flexibility index (Phi) is 4.75. The average Bonchev–Trinajstić information content (AvgIpc) is 2.18. The largest absolute Gasteiger partial charge is 0.347 e. The second-order valence-electron chi connectivity index (χ2n) is 4.01. The highest BCUT2D eigenvalue weighted by molar-refractivity contribution is 7.99. The monoisotopic (exact) mass is 216 g/mol. The van der Waals surface area contributed by atoms with Crippen LogP contribution in [0.3, 0.4) is 0 Å². The van der Waals surface area contributed by atoms with Gasteiger partial charge in [-0.15, -0.1) is 0 Å². The minimum atomic E-state index is -0.0434. The molecular weight excluding hydrogens is 196 g/mol. The van der Waals surface area contributed by atoms with Gasteiger partial charge in [-0.2, -0.15) is 11.8 Å². The zero-order valence-electron chi connectivity index (χ0n) is 9.25. The van der Waals surface area contributed by atoms with Crippen LogP contribution in [0.25, 0.3) is 0 Å². The molecule has 0 unspecified atom stereocenters. The van der Waals surface area contributed by atoms with Gasteiger partial charge in [0, 0.05) is 20.1 Å². The Balaban J connectivity index is 2.31. The van der Waals surface area contributed by atoms with Gasteiger partial charge in [0.2, 0.25) is 5.91 Å². The molecule has 0 aromatic carbocycles. The first-order chi connectivity index (χ1) is 6.61. The number of amides is 1. The molecule has 4 heteroatoms. The third kappa shape index (κ3) is 3.50. The van der Waals surface area contributed by atoms with Crippen molar-refractivity contribution in [3.05, 3.63) is 0 Å². The van der Waals surface area contributed by atoms with Gasteiger partial charge in [-0.1, -0.05) is 0 Å². The van der Waals surface area contributed by atoms with Gasteiger partial charge in [-0.25, -0.2) is 0 Å². The van der Waals surface area contributed by atoms with Crippen LogP contribution in [0.5, 0.6) is 0 Å². The lowest BCUT2D eigenvalue weighted by atomic mass is 10.1. The van der Waals surface area contributed by atoms with Crippen molar-refractivity contribution in [3.8, 4) is 0 Å². The van der Waals surface area contributed by atoms with Crippen LogP contribution in [0.4, 0.5) is 0 Å². The molecule has 1 aliphatic rings. The minimum absolute atomic E-state index is 0.0434. The summed E-state index contributed by atoms with van der Waals surface area (Å²) in [5, 5.41) is 3.40. The van der Waals surface area contributed by atoms with Crippen LogP contribution in [-0.4, -0.2) is 48.5 Å². The Morgan fingerprint density at radius 1 is 1.43 bits per heavy atom. The maximum absolute atomic E-state index is 11.6. The Bertz CT molecular complexity index is 191. The molecule has 0 aromatic heterocycles. The predicted octanol–water partition coefficient (Wildman–Crippen LogP) is 0.948. The summed E-state index contributed by atoms with van der Waals surface area (Å²) in [4.78, 5) is 13.2. The van der Waals surface area contributed by atoms with Crippen LogP contribution in [-0.2, 0) is 4.79 Å². The fourth-order valence-corrected chi connectivity index (χ4v) is 2.78. The predicted molar refractivity (Wildman–Crippen MR) is 61.6 cm³/mol. The molecule has 1 aliphatic heterocycles. The quantitative estimate of drug-likeness (QED) is 0.762. The number of carbonyl (C=O) groups excluding carboxylic acids is 1. The second kappa shape index (κ2) is 5.61. The maximum Gasteiger partial charge on any atom is 0.238 e. The van der Waals surface area contributed by atoms with E-state index < -0.39 is 0 Å². The van der Waals surface area contributed by atoms with Crippen molar-refractivity contribution in [1.29, 1.82) is 0 Å². The summed E-state index contributed by atoms with van der Waals surface area (Å²) in [7, 11) is 3.61. The first-order valence-corrected chi connectivity index (χ1v) is 6.31. The molecule has 1 N–H and O–H groups in total. The van der Waals surface area contributed by atoms with Crippen molar-refractivity contribution in [2.45, 2.75) is 31.8 Å². The maximum atomic E-state index is 11.6. The van der Waals surface area contributed by atoms with E-state index in [1.165, 1.54) is 24.3 Å². The standard InChI is InChI=1S/C10H20N2OS/c1-8(10(13)12(2)3)11-9-4-6-14-7-5-9/h8-9,11H,4-7H2,1-3H3/t8-/m1/s1. The molecule has 0 bridgehead atoms. The van der Waals surface area contributed by atoms with E-state index in [-0.39, 0.29) is 11.9 Å². The average molecular weight is 216 g/mol. The van der Waals surface area contributed by atoms with E-state index in [1.807, 2.05) is 18.7 Å². The molecule has 14 heavy (non-hydrogen) atoms. The number of nitrogens with one attached hydrogen (secondary N) is 1. The number of nitrogens with zero attached hydrogens (tertiary/aromatic N) is 1. The zero-order chi connectivity index (χ0) is 10.6. The van der Waals surface area contributed by atoms with Crippen molar-refractivity contribution >= 4 is 17.7 Å². The summed E-state index contributed by atoms with van der Waals surface area (Å²) in [6.45, 7) is 1.95. The molecule has 3 nitrogen and oxygen atoms in total. The van der Waals surface area contributed by atoms with Crippen LogP contribution in [0, 0.1) is 0 Å². The lowest BCUT2D eigenvalue weighted by Gasteiger charge is -2.27. The number of likely N-dealkylation sites (N-methyl/N-ethyl adjacent to an activating group) is 1. The van der Waals surface area contributed by atoms with E-state index in [9.17, 15) is 4.79 Å². The van der Waals surface area contributed by atoms with Gasteiger partial charge >= 0.3 is 0 Å². The van der Waals surface area contributed by atoms with Crippen molar-refractivity contribution < 1.29 is 4.79 Å². The highest BCUT2D eigenvalue weighted by atomic mass is 32.2. The lowest BCUT2D eigenvalue weighted by molar-refractivity contribution is -0.130. The third-order valence-corrected chi connectivity index (χ3v) is 3.57. The Labute approximate surface area is 90.6 Å². The summed E-state index contributed by atoms with van der Waals surface area (Å²) < 4.78 is 0. The number of rotatable bonds is 3. The van der Waals surface area contributed by atoms with Crippen LogP contribution in [0.2, 0.25) is 0 Å². The number of hydrogen-bond donors (Lipinski definition) is 1. The number of thioether (sulfide) groups is 1. The van der Waals surface area contributed by atoms with Gasteiger partial charge in [-0.05, 0) is 31.3 Å². The molecule has 1 fully saturated rings. The fraction of sp³-hybridized carbons (Fsp3) is 0.900. The Hall–Kier alpha value is -0.220. The van der Waals surface area contributed by atoms with Gasteiger partial charge < -0.3 is 10.2 Å². The highest BCUT2D eigenvalue weighted by Crippen LogP contribution is 2.17. The summed E-state index contributed by atoms with van der Waals surface area (Å²) >= 11 is 2.01. The third-order valence-electron chi connectivity index (χ3n) is 2.52. The van der Waals surface area contributed by atoms with E-state index in [1.54, 1.807) is 19.0 Å². The van der Waals surface area contributed by atoms with E-state index in [0.29, 0.717) is 6.04 Å². The number of hydrogen-bond acceptors (Lipinski definition) is 3. The van der Waals surface area contributed by atoms with E-state index in [0.717, 1.165) is 0 Å². The van der Waals surface area contributed by atoms with Crippen molar-refractivity contribution in [3.63, 3.8) is 0 Å². The molecule has 0 spiro atoms. The molecule has 1 amide bonds. The summed E-state index contributed by atoms with van der Waals surface area (Å²) in [5.74, 6) is 2.62. The van der Waals surface area contributed by atoms with E-state index in [4.69, 9.17) is 0 Å².